The summed E-state index contributed by atoms with van der Waals surface area (Å²) in [5.74, 6) is -0.907. The van der Waals surface area contributed by atoms with Crippen LogP contribution < -0.4 is 16.4 Å². The standard InChI is InChI=1S/C9H10FN3OS/c1-12-8(14)6-4-5(10)2-3-7(6)13-9(11)15/h2-4H,1H3,(H,12,14)(H3,11,13,15). The van der Waals surface area contributed by atoms with E-state index in [4.69, 9.17) is 5.73 Å². The molecule has 1 aromatic rings. The van der Waals surface area contributed by atoms with Crippen LogP contribution in [-0.2, 0) is 0 Å². The van der Waals surface area contributed by atoms with Gasteiger partial charge in [0.1, 0.15) is 5.82 Å². The van der Waals surface area contributed by atoms with Gasteiger partial charge in [0.05, 0.1) is 11.3 Å². The SMILES string of the molecule is CNC(=O)c1cc(F)ccc1NC(N)=S. The summed E-state index contributed by atoms with van der Waals surface area (Å²) < 4.78 is 12.9. The van der Waals surface area contributed by atoms with E-state index < -0.39 is 11.7 Å². The maximum atomic E-state index is 12.9. The molecule has 4 nitrogen and oxygen atoms in total. The second kappa shape index (κ2) is 4.70. The Morgan fingerprint density at radius 2 is 2.20 bits per heavy atom. The Bertz CT molecular complexity index is 408. The fraction of sp³-hybridized carbons (Fsp3) is 0.111. The average molecular weight is 227 g/mol. The molecule has 0 aliphatic carbocycles. The second-order valence-electron chi connectivity index (χ2n) is 2.76. The zero-order valence-corrected chi connectivity index (χ0v) is 8.82. The maximum absolute atomic E-state index is 12.9. The van der Waals surface area contributed by atoms with Gasteiger partial charge in [0.15, 0.2) is 5.11 Å². The molecule has 0 atom stereocenters. The first-order valence-corrected chi connectivity index (χ1v) is 4.53. The number of nitrogens with two attached hydrogens (primary N) is 1. The minimum Gasteiger partial charge on any atom is -0.376 e. The Morgan fingerprint density at radius 1 is 1.53 bits per heavy atom. The van der Waals surface area contributed by atoms with Crippen molar-refractivity contribution in [3.63, 3.8) is 0 Å². The molecule has 1 amide bonds. The van der Waals surface area contributed by atoms with Crippen molar-refractivity contribution in [1.29, 1.82) is 0 Å². The van der Waals surface area contributed by atoms with Gasteiger partial charge in [0, 0.05) is 7.05 Å². The van der Waals surface area contributed by atoms with Crippen molar-refractivity contribution in [1.82, 2.24) is 5.32 Å². The van der Waals surface area contributed by atoms with Crippen LogP contribution in [0.25, 0.3) is 0 Å². The fourth-order valence-corrected chi connectivity index (χ4v) is 1.19. The van der Waals surface area contributed by atoms with Crippen molar-refractivity contribution in [3.05, 3.63) is 29.6 Å². The Labute approximate surface area is 91.7 Å². The number of rotatable bonds is 2. The van der Waals surface area contributed by atoms with E-state index in [1.807, 2.05) is 0 Å². The number of benzene rings is 1. The van der Waals surface area contributed by atoms with Crippen LogP contribution in [0.15, 0.2) is 18.2 Å². The quantitative estimate of drug-likeness (QED) is 0.655. The van der Waals surface area contributed by atoms with Crippen LogP contribution in [0.1, 0.15) is 10.4 Å². The topological polar surface area (TPSA) is 67.2 Å². The van der Waals surface area contributed by atoms with Crippen LogP contribution in [0.3, 0.4) is 0 Å². The number of hydrogen-bond donors (Lipinski definition) is 3. The molecule has 6 heteroatoms. The minimum atomic E-state index is -0.498. The van der Waals surface area contributed by atoms with Gasteiger partial charge in [0.2, 0.25) is 0 Å². The van der Waals surface area contributed by atoms with Crippen molar-refractivity contribution in [3.8, 4) is 0 Å². The largest absolute Gasteiger partial charge is 0.376 e. The Morgan fingerprint density at radius 3 is 2.73 bits per heavy atom. The van der Waals surface area contributed by atoms with Crippen molar-refractivity contribution < 1.29 is 9.18 Å². The second-order valence-corrected chi connectivity index (χ2v) is 3.20. The third-order valence-electron chi connectivity index (χ3n) is 1.71. The highest BCUT2D eigenvalue weighted by atomic mass is 32.1. The summed E-state index contributed by atoms with van der Waals surface area (Å²) in [4.78, 5) is 11.4. The van der Waals surface area contributed by atoms with Crippen molar-refractivity contribution in [2.75, 3.05) is 12.4 Å². The molecule has 0 fully saturated rings. The molecular weight excluding hydrogens is 217 g/mol. The molecule has 0 unspecified atom stereocenters. The number of anilines is 1. The molecule has 1 rings (SSSR count). The zero-order chi connectivity index (χ0) is 11.4. The molecule has 80 valence electrons. The third-order valence-corrected chi connectivity index (χ3v) is 1.81. The predicted molar refractivity (Wildman–Crippen MR) is 60.2 cm³/mol. The number of carbonyl (C=O) groups is 1. The molecule has 0 heterocycles. The zero-order valence-electron chi connectivity index (χ0n) is 8.00. The molecule has 15 heavy (non-hydrogen) atoms. The van der Waals surface area contributed by atoms with Crippen molar-refractivity contribution in [2.24, 2.45) is 5.73 Å². The number of hydrogen-bond acceptors (Lipinski definition) is 2. The summed E-state index contributed by atoms with van der Waals surface area (Å²) in [6.07, 6.45) is 0. The Balaban J connectivity index is 3.14. The Hall–Kier alpha value is -1.69. The van der Waals surface area contributed by atoms with Crippen LogP contribution in [-0.4, -0.2) is 18.1 Å². The van der Waals surface area contributed by atoms with Gasteiger partial charge < -0.3 is 16.4 Å². The summed E-state index contributed by atoms with van der Waals surface area (Å²) >= 11 is 4.63. The van der Waals surface area contributed by atoms with Crippen LogP contribution in [0.5, 0.6) is 0 Å². The summed E-state index contributed by atoms with van der Waals surface area (Å²) in [6, 6.07) is 3.73. The molecule has 0 saturated heterocycles. The lowest BCUT2D eigenvalue weighted by Gasteiger charge is -2.09. The molecule has 1 aromatic carbocycles. The van der Waals surface area contributed by atoms with E-state index in [2.05, 4.69) is 22.9 Å². The monoisotopic (exact) mass is 227 g/mol. The Kier molecular flexibility index (Phi) is 3.56. The van der Waals surface area contributed by atoms with E-state index in [1.165, 1.54) is 19.2 Å². The van der Waals surface area contributed by atoms with Gasteiger partial charge in [-0.15, -0.1) is 0 Å². The van der Waals surface area contributed by atoms with Gasteiger partial charge in [-0.1, -0.05) is 0 Å². The van der Waals surface area contributed by atoms with Gasteiger partial charge in [-0.05, 0) is 30.4 Å². The lowest BCUT2D eigenvalue weighted by Crippen LogP contribution is -2.24. The van der Waals surface area contributed by atoms with Crippen LogP contribution in [0, 0.1) is 5.82 Å². The third kappa shape index (κ3) is 2.88. The van der Waals surface area contributed by atoms with Gasteiger partial charge in [-0.2, -0.15) is 0 Å². The minimum absolute atomic E-state index is 0.0201. The van der Waals surface area contributed by atoms with Gasteiger partial charge in [-0.3, -0.25) is 4.79 Å². The number of carbonyl (C=O) groups excluding carboxylic acids is 1. The van der Waals surface area contributed by atoms with E-state index in [1.54, 1.807) is 0 Å². The predicted octanol–water partition coefficient (Wildman–Crippen LogP) is 0.841. The highest BCUT2D eigenvalue weighted by Crippen LogP contribution is 2.16. The fourth-order valence-electron chi connectivity index (χ4n) is 1.08. The van der Waals surface area contributed by atoms with Crippen molar-refractivity contribution >= 4 is 28.9 Å². The molecule has 0 aliphatic heterocycles. The molecule has 0 radical (unpaired) electrons. The van der Waals surface area contributed by atoms with E-state index >= 15 is 0 Å². The first kappa shape index (κ1) is 11.4. The smallest absolute Gasteiger partial charge is 0.253 e. The number of thiocarbonyl (C=S) groups is 1. The van der Waals surface area contributed by atoms with E-state index in [0.717, 1.165) is 6.07 Å². The molecule has 0 bridgehead atoms. The first-order chi connectivity index (χ1) is 7.04. The average Bonchev–Trinajstić information content (AvgIpc) is 2.19. The lowest BCUT2D eigenvalue weighted by molar-refractivity contribution is 0.0963. The highest BCUT2D eigenvalue weighted by molar-refractivity contribution is 7.80. The van der Waals surface area contributed by atoms with Gasteiger partial charge in [0.25, 0.3) is 5.91 Å². The van der Waals surface area contributed by atoms with Crippen LogP contribution >= 0.6 is 12.2 Å². The molecule has 0 spiro atoms. The maximum Gasteiger partial charge on any atom is 0.253 e. The molecule has 0 saturated carbocycles. The van der Waals surface area contributed by atoms with Crippen LogP contribution in [0.2, 0.25) is 0 Å². The number of halogens is 1. The molecule has 4 N–H and O–H groups in total. The number of nitrogens with one attached hydrogen (secondary N) is 2. The summed E-state index contributed by atoms with van der Waals surface area (Å²) in [5, 5.41) is 5.01. The van der Waals surface area contributed by atoms with Crippen molar-refractivity contribution in [2.45, 2.75) is 0 Å². The molecule has 0 aliphatic rings. The lowest BCUT2D eigenvalue weighted by atomic mass is 10.1. The molecule has 0 aromatic heterocycles. The normalized spacial score (nSPS) is 9.47. The van der Waals surface area contributed by atoms with Crippen LogP contribution in [0.4, 0.5) is 10.1 Å². The summed E-state index contributed by atoms with van der Waals surface area (Å²) in [6.45, 7) is 0. The van der Waals surface area contributed by atoms with E-state index in [-0.39, 0.29) is 10.7 Å². The number of amides is 1. The summed E-state index contributed by atoms with van der Waals surface area (Å²) in [7, 11) is 1.46. The van der Waals surface area contributed by atoms with E-state index in [9.17, 15) is 9.18 Å². The molecular formula is C9H10FN3OS. The highest BCUT2D eigenvalue weighted by Gasteiger charge is 2.11. The first-order valence-electron chi connectivity index (χ1n) is 4.12. The van der Waals surface area contributed by atoms with Gasteiger partial charge >= 0.3 is 0 Å². The van der Waals surface area contributed by atoms with E-state index in [0.29, 0.717) is 5.69 Å². The summed E-state index contributed by atoms with van der Waals surface area (Å²) in [5.41, 5.74) is 5.80. The van der Waals surface area contributed by atoms with Gasteiger partial charge in [-0.25, -0.2) is 4.39 Å².